The fraction of sp³-hybridized carbons (Fsp3) is 0.316. The number of aromatic amines is 1. The Morgan fingerprint density at radius 3 is 3.12 bits per heavy atom. The summed E-state index contributed by atoms with van der Waals surface area (Å²) in [5, 5.41) is 10.8. The highest BCUT2D eigenvalue weighted by Crippen LogP contribution is 2.34. The van der Waals surface area contributed by atoms with Gasteiger partial charge in [0.05, 0.1) is 7.11 Å². The maximum Gasteiger partial charge on any atom is 0.182 e. The van der Waals surface area contributed by atoms with Crippen molar-refractivity contribution in [1.29, 1.82) is 0 Å². The molecule has 0 amide bonds. The van der Waals surface area contributed by atoms with Crippen LogP contribution in [0.15, 0.2) is 42.7 Å². The Hall–Kier alpha value is -2.93. The third-order valence-electron chi connectivity index (χ3n) is 4.42. The van der Waals surface area contributed by atoms with Crippen LogP contribution in [0.5, 0.6) is 11.5 Å². The van der Waals surface area contributed by atoms with E-state index in [1.807, 2.05) is 24.3 Å². The summed E-state index contributed by atoms with van der Waals surface area (Å²) in [6.45, 7) is 1.43. The van der Waals surface area contributed by atoms with Gasteiger partial charge in [-0.25, -0.2) is 4.98 Å². The van der Waals surface area contributed by atoms with E-state index in [2.05, 4.69) is 31.5 Å². The van der Waals surface area contributed by atoms with E-state index in [4.69, 9.17) is 9.47 Å². The van der Waals surface area contributed by atoms with Crippen molar-refractivity contribution in [2.45, 2.75) is 18.9 Å². The third kappa shape index (κ3) is 3.52. The molecule has 2 N–H and O–H groups in total. The first-order valence-electron chi connectivity index (χ1n) is 8.67. The van der Waals surface area contributed by atoms with E-state index in [1.54, 1.807) is 19.5 Å². The quantitative estimate of drug-likeness (QED) is 0.707. The van der Waals surface area contributed by atoms with E-state index in [1.165, 1.54) is 5.56 Å². The Morgan fingerprint density at radius 2 is 2.27 bits per heavy atom. The molecule has 3 aromatic rings. The van der Waals surface area contributed by atoms with Crippen LogP contribution in [0.25, 0.3) is 11.4 Å². The van der Waals surface area contributed by atoms with Gasteiger partial charge in [-0.2, -0.15) is 5.10 Å². The molecule has 1 aliphatic rings. The first kappa shape index (κ1) is 16.5. The van der Waals surface area contributed by atoms with Gasteiger partial charge in [0.25, 0.3) is 0 Å². The van der Waals surface area contributed by atoms with E-state index in [0.29, 0.717) is 12.4 Å². The van der Waals surface area contributed by atoms with Crippen molar-refractivity contribution >= 4 is 0 Å². The maximum atomic E-state index is 5.89. The summed E-state index contributed by atoms with van der Waals surface area (Å²) in [5.41, 5.74) is 2.08. The molecule has 0 fully saturated rings. The number of ether oxygens (including phenoxy) is 2. The number of aromatic nitrogens is 4. The van der Waals surface area contributed by atoms with Crippen molar-refractivity contribution < 1.29 is 9.47 Å². The molecule has 0 bridgehead atoms. The van der Waals surface area contributed by atoms with Crippen LogP contribution in [0.2, 0.25) is 0 Å². The van der Waals surface area contributed by atoms with Crippen LogP contribution in [0.4, 0.5) is 0 Å². The second kappa shape index (κ2) is 7.53. The summed E-state index contributed by atoms with van der Waals surface area (Å²) in [5.74, 6) is 3.19. The summed E-state index contributed by atoms with van der Waals surface area (Å²) in [7, 11) is 1.67. The number of hydrogen-bond acceptors (Lipinski definition) is 6. The Kier molecular flexibility index (Phi) is 4.79. The van der Waals surface area contributed by atoms with Gasteiger partial charge in [-0.3, -0.25) is 10.1 Å². The van der Waals surface area contributed by atoms with E-state index in [9.17, 15) is 0 Å². The predicted octanol–water partition coefficient (Wildman–Crippen LogP) is 2.01. The van der Waals surface area contributed by atoms with Crippen molar-refractivity contribution in [3.8, 4) is 22.9 Å². The number of para-hydroxylation sites is 1. The minimum atomic E-state index is 0.273. The molecule has 0 aliphatic carbocycles. The SMILES string of the molecule is COc1cccc2c1OCC(NCCc1nc(-c3cccnc3)n[nH]1)C2. The maximum absolute atomic E-state index is 5.89. The van der Waals surface area contributed by atoms with Gasteiger partial charge >= 0.3 is 0 Å². The first-order valence-corrected chi connectivity index (χ1v) is 8.67. The van der Waals surface area contributed by atoms with Crippen molar-refractivity contribution in [3.05, 3.63) is 54.1 Å². The third-order valence-corrected chi connectivity index (χ3v) is 4.42. The van der Waals surface area contributed by atoms with Gasteiger partial charge in [-0.05, 0) is 30.2 Å². The molecule has 3 heterocycles. The van der Waals surface area contributed by atoms with E-state index in [-0.39, 0.29) is 6.04 Å². The first-order chi connectivity index (χ1) is 12.8. The number of hydrogen-bond donors (Lipinski definition) is 2. The van der Waals surface area contributed by atoms with Gasteiger partial charge in [0.1, 0.15) is 12.4 Å². The zero-order valence-corrected chi connectivity index (χ0v) is 14.6. The average molecular weight is 351 g/mol. The van der Waals surface area contributed by atoms with Gasteiger partial charge in [-0.1, -0.05) is 12.1 Å². The van der Waals surface area contributed by atoms with Crippen LogP contribution >= 0.6 is 0 Å². The highest BCUT2D eigenvalue weighted by molar-refractivity contribution is 5.52. The smallest absolute Gasteiger partial charge is 0.182 e. The number of benzene rings is 1. The average Bonchev–Trinajstić information content (AvgIpc) is 3.17. The minimum absolute atomic E-state index is 0.273. The van der Waals surface area contributed by atoms with E-state index in [0.717, 1.165) is 42.3 Å². The fourth-order valence-corrected chi connectivity index (χ4v) is 3.11. The molecule has 1 aliphatic heterocycles. The van der Waals surface area contributed by atoms with Crippen molar-refractivity contribution in [1.82, 2.24) is 25.5 Å². The lowest BCUT2D eigenvalue weighted by Crippen LogP contribution is -2.40. The molecule has 134 valence electrons. The highest BCUT2D eigenvalue weighted by atomic mass is 16.5. The molecule has 0 radical (unpaired) electrons. The number of methoxy groups -OCH3 is 1. The summed E-state index contributed by atoms with van der Waals surface area (Å²) in [6, 6.07) is 10.1. The molecule has 7 nitrogen and oxygen atoms in total. The lowest BCUT2D eigenvalue weighted by atomic mass is 10.0. The molecule has 2 aromatic heterocycles. The van der Waals surface area contributed by atoms with Gasteiger partial charge in [0.2, 0.25) is 0 Å². The molecule has 7 heteroatoms. The molecule has 0 spiro atoms. The second-order valence-electron chi connectivity index (χ2n) is 6.21. The second-order valence-corrected chi connectivity index (χ2v) is 6.21. The minimum Gasteiger partial charge on any atom is -0.493 e. The molecule has 0 saturated carbocycles. The Balaban J connectivity index is 1.31. The van der Waals surface area contributed by atoms with Gasteiger partial charge in [0.15, 0.2) is 17.3 Å². The molecule has 1 unspecified atom stereocenters. The van der Waals surface area contributed by atoms with Crippen LogP contribution < -0.4 is 14.8 Å². The van der Waals surface area contributed by atoms with Gasteiger partial charge < -0.3 is 14.8 Å². The lowest BCUT2D eigenvalue weighted by Gasteiger charge is -2.27. The zero-order valence-electron chi connectivity index (χ0n) is 14.6. The van der Waals surface area contributed by atoms with Crippen LogP contribution in [0.3, 0.4) is 0 Å². The summed E-state index contributed by atoms with van der Waals surface area (Å²) < 4.78 is 11.2. The predicted molar refractivity (Wildman–Crippen MR) is 97.3 cm³/mol. The number of nitrogens with one attached hydrogen (secondary N) is 2. The lowest BCUT2D eigenvalue weighted by molar-refractivity contribution is 0.228. The summed E-state index contributed by atoms with van der Waals surface area (Å²) in [6.07, 6.45) is 5.19. The monoisotopic (exact) mass is 351 g/mol. The van der Waals surface area contributed by atoms with Gasteiger partial charge in [-0.15, -0.1) is 0 Å². The molecule has 1 aromatic carbocycles. The number of rotatable bonds is 6. The van der Waals surface area contributed by atoms with Crippen LogP contribution in [0.1, 0.15) is 11.4 Å². The van der Waals surface area contributed by atoms with Gasteiger partial charge in [0, 0.05) is 37.0 Å². The Morgan fingerprint density at radius 1 is 1.31 bits per heavy atom. The largest absolute Gasteiger partial charge is 0.493 e. The number of fused-ring (bicyclic) bond motifs is 1. The number of nitrogens with zero attached hydrogens (tertiary/aromatic N) is 3. The van der Waals surface area contributed by atoms with Crippen LogP contribution in [-0.4, -0.2) is 46.5 Å². The molecule has 1 atom stereocenters. The Bertz CT molecular complexity index is 865. The van der Waals surface area contributed by atoms with Crippen molar-refractivity contribution in [2.75, 3.05) is 20.3 Å². The molecular weight excluding hydrogens is 330 g/mol. The highest BCUT2D eigenvalue weighted by Gasteiger charge is 2.22. The van der Waals surface area contributed by atoms with E-state index < -0.39 is 0 Å². The number of pyridine rings is 1. The van der Waals surface area contributed by atoms with Crippen molar-refractivity contribution in [3.63, 3.8) is 0 Å². The van der Waals surface area contributed by atoms with Crippen LogP contribution in [-0.2, 0) is 12.8 Å². The van der Waals surface area contributed by atoms with Crippen molar-refractivity contribution in [2.24, 2.45) is 0 Å². The molecule has 4 rings (SSSR count). The standard InChI is InChI=1S/C19H21N5O2/c1-25-16-6-2-4-13-10-15(12-26-18(13)16)21-9-7-17-22-19(24-23-17)14-5-3-8-20-11-14/h2-6,8,11,15,21H,7,9-10,12H2,1H3,(H,22,23,24). The normalized spacial score (nSPS) is 16.0. The topological polar surface area (TPSA) is 84.9 Å². The van der Waals surface area contributed by atoms with E-state index >= 15 is 0 Å². The number of H-pyrrole nitrogens is 1. The zero-order chi connectivity index (χ0) is 17.8. The summed E-state index contributed by atoms with van der Waals surface area (Å²) >= 11 is 0. The summed E-state index contributed by atoms with van der Waals surface area (Å²) in [4.78, 5) is 8.62. The molecule has 26 heavy (non-hydrogen) atoms. The van der Waals surface area contributed by atoms with Crippen LogP contribution in [0, 0.1) is 0 Å². The molecular formula is C19H21N5O2. The molecule has 0 saturated heterocycles. The Labute approximate surface area is 151 Å². The fourth-order valence-electron chi connectivity index (χ4n) is 3.11.